The summed E-state index contributed by atoms with van der Waals surface area (Å²) in [5.74, 6) is 0.790. The minimum absolute atomic E-state index is 0. The average molecular weight is 398 g/mol. The Bertz CT molecular complexity index is 519. The van der Waals surface area contributed by atoms with Crippen LogP contribution in [0.1, 0.15) is 58.3 Å². The van der Waals surface area contributed by atoms with E-state index in [1.807, 2.05) is 12.1 Å². The van der Waals surface area contributed by atoms with E-state index < -0.39 is 6.09 Å². The molecule has 5 nitrogen and oxygen atoms in total. The lowest BCUT2D eigenvalue weighted by molar-refractivity contribution is -0.246. The predicted octanol–water partition coefficient (Wildman–Crippen LogP) is 4.09. The molecule has 0 aromatic heterocycles. The van der Waals surface area contributed by atoms with Crippen LogP contribution in [0.15, 0.2) is 24.3 Å². The number of hydrogen-bond donors (Lipinski definition) is 0. The first-order valence-electron chi connectivity index (χ1n) is 10.1. The summed E-state index contributed by atoms with van der Waals surface area (Å²) in [5.41, 5.74) is 0.650. The Balaban J connectivity index is 0.00000364. The second-order valence-electron chi connectivity index (χ2n) is 7.08. The van der Waals surface area contributed by atoms with Gasteiger partial charge in [0.05, 0.1) is 6.61 Å². The molecule has 27 heavy (non-hydrogen) atoms. The maximum atomic E-state index is 11.5. The van der Waals surface area contributed by atoms with Crippen molar-refractivity contribution in [2.45, 2.75) is 58.3 Å². The van der Waals surface area contributed by atoms with Gasteiger partial charge in [-0.05, 0) is 56.6 Å². The van der Waals surface area contributed by atoms with Crippen molar-refractivity contribution in [2.24, 2.45) is 0 Å². The van der Waals surface area contributed by atoms with Gasteiger partial charge in [0, 0.05) is 18.8 Å². The number of piperidine rings is 1. The standard InChI is InChI=1S/C21H34N2O3.ClH/c1-2-3-4-5-9-18-26-20-12-10-19(11-13-20)23(21(24)25)17-16-22-14-7-6-8-15-22;/h10-13H,2-9,14-18H2,1H3,(H,24,25);1H/p-1. The highest BCUT2D eigenvalue weighted by molar-refractivity contribution is 5.85. The van der Waals surface area contributed by atoms with Gasteiger partial charge in [0.25, 0.3) is 0 Å². The van der Waals surface area contributed by atoms with Crippen LogP contribution in [-0.2, 0) is 0 Å². The topological polar surface area (TPSA) is 55.8 Å². The molecule has 1 heterocycles. The number of halogens is 1. The summed E-state index contributed by atoms with van der Waals surface area (Å²) in [6, 6.07) is 7.30. The molecule has 154 valence electrons. The lowest BCUT2D eigenvalue weighted by Crippen LogP contribution is -2.46. The van der Waals surface area contributed by atoms with E-state index in [1.165, 1.54) is 49.8 Å². The summed E-state index contributed by atoms with van der Waals surface area (Å²) < 4.78 is 5.75. The van der Waals surface area contributed by atoms with Crippen LogP contribution in [0.4, 0.5) is 10.5 Å². The van der Waals surface area contributed by atoms with Gasteiger partial charge in [-0.3, -0.25) is 0 Å². The number of benzene rings is 1. The minimum Gasteiger partial charge on any atom is -0.530 e. The molecular formula is C21H34ClN2O3-. The van der Waals surface area contributed by atoms with Crippen molar-refractivity contribution < 1.29 is 14.6 Å². The van der Waals surface area contributed by atoms with Crippen molar-refractivity contribution in [2.75, 3.05) is 37.7 Å². The molecule has 2 rings (SSSR count). The van der Waals surface area contributed by atoms with Crippen LogP contribution in [0.2, 0.25) is 0 Å². The number of nitrogens with zero attached hydrogens (tertiary/aromatic N) is 2. The largest absolute Gasteiger partial charge is 0.530 e. The Morgan fingerprint density at radius 3 is 2.37 bits per heavy atom. The SMILES string of the molecule is CCCCCCCOc1ccc(N(CCN2CCCCC2)C(=O)[O-])cc1.Cl. The van der Waals surface area contributed by atoms with Gasteiger partial charge in [0.1, 0.15) is 11.8 Å². The first kappa shape index (κ1) is 23.6. The maximum absolute atomic E-state index is 11.5. The number of amides is 1. The third-order valence-electron chi connectivity index (χ3n) is 4.97. The van der Waals surface area contributed by atoms with Gasteiger partial charge in [0.2, 0.25) is 0 Å². The van der Waals surface area contributed by atoms with Crippen molar-refractivity contribution in [3.63, 3.8) is 0 Å². The number of likely N-dealkylation sites (tertiary alicyclic amines) is 1. The predicted molar refractivity (Wildman–Crippen MR) is 111 cm³/mol. The molecule has 1 aromatic carbocycles. The van der Waals surface area contributed by atoms with Gasteiger partial charge in [-0.15, -0.1) is 12.4 Å². The van der Waals surface area contributed by atoms with Crippen molar-refractivity contribution in [3.05, 3.63) is 24.3 Å². The number of anilines is 1. The third kappa shape index (κ3) is 8.85. The molecule has 0 atom stereocenters. The van der Waals surface area contributed by atoms with Crippen LogP contribution in [0, 0.1) is 0 Å². The van der Waals surface area contributed by atoms with E-state index in [0.29, 0.717) is 18.8 Å². The van der Waals surface area contributed by atoms with Gasteiger partial charge >= 0.3 is 0 Å². The van der Waals surface area contributed by atoms with Crippen LogP contribution < -0.4 is 14.7 Å². The normalized spacial score (nSPS) is 14.4. The van der Waals surface area contributed by atoms with Crippen LogP contribution in [0.25, 0.3) is 0 Å². The molecule has 1 aliphatic heterocycles. The highest BCUT2D eigenvalue weighted by Gasteiger charge is 2.13. The number of carboxylic acid groups (broad SMARTS) is 1. The molecule has 1 fully saturated rings. The maximum Gasteiger partial charge on any atom is 0.141 e. The zero-order chi connectivity index (χ0) is 18.6. The fourth-order valence-corrected chi connectivity index (χ4v) is 3.37. The van der Waals surface area contributed by atoms with Crippen molar-refractivity contribution in [1.29, 1.82) is 0 Å². The van der Waals surface area contributed by atoms with Crippen molar-refractivity contribution >= 4 is 24.2 Å². The molecule has 0 spiro atoms. The van der Waals surface area contributed by atoms with E-state index in [2.05, 4.69) is 11.8 Å². The Morgan fingerprint density at radius 2 is 1.74 bits per heavy atom. The van der Waals surface area contributed by atoms with Crippen molar-refractivity contribution in [3.8, 4) is 5.75 Å². The van der Waals surface area contributed by atoms with Gasteiger partial charge in [-0.25, -0.2) is 0 Å². The smallest absolute Gasteiger partial charge is 0.141 e. The molecule has 0 radical (unpaired) electrons. The summed E-state index contributed by atoms with van der Waals surface area (Å²) in [4.78, 5) is 15.2. The Hall–Kier alpha value is -1.46. The molecular weight excluding hydrogens is 364 g/mol. The molecule has 1 amide bonds. The van der Waals surface area contributed by atoms with Gasteiger partial charge in [0.15, 0.2) is 0 Å². The molecule has 1 saturated heterocycles. The quantitative estimate of drug-likeness (QED) is 0.527. The molecule has 0 unspecified atom stereocenters. The molecule has 6 heteroatoms. The number of unbranched alkanes of at least 4 members (excludes halogenated alkanes) is 4. The summed E-state index contributed by atoms with van der Waals surface area (Å²) in [5, 5.41) is 11.5. The number of carbonyl (C=O) groups is 1. The van der Waals surface area contributed by atoms with Crippen LogP contribution >= 0.6 is 12.4 Å². The van der Waals surface area contributed by atoms with E-state index >= 15 is 0 Å². The highest BCUT2D eigenvalue weighted by atomic mass is 35.5. The molecule has 1 aromatic rings. The summed E-state index contributed by atoms with van der Waals surface area (Å²) in [6.45, 7) is 6.24. The fraction of sp³-hybridized carbons (Fsp3) is 0.667. The second kappa shape index (κ2) is 13.7. The van der Waals surface area contributed by atoms with E-state index in [0.717, 1.165) is 31.8 Å². The molecule has 0 N–H and O–H groups in total. The summed E-state index contributed by atoms with van der Waals surface area (Å²) in [7, 11) is 0. The summed E-state index contributed by atoms with van der Waals surface area (Å²) in [6.07, 6.45) is 8.58. The Kier molecular flexibility index (Phi) is 11.9. The number of carbonyl (C=O) groups excluding carboxylic acids is 1. The molecule has 0 bridgehead atoms. The van der Waals surface area contributed by atoms with E-state index in [9.17, 15) is 9.90 Å². The van der Waals surface area contributed by atoms with Crippen LogP contribution in [0.5, 0.6) is 5.75 Å². The van der Waals surface area contributed by atoms with Crippen LogP contribution in [-0.4, -0.2) is 43.8 Å². The van der Waals surface area contributed by atoms with E-state index in [4.69, 9.17) is 4.74 Å². The van der Waals surface area contributed by atoms with Gasteiger partial charge in [-0.1, -0.05) is 39.0 Å². The Labute approximate surface area is 170 Å². The average Bonchev–Trinajstić information content (AvgIpc) is 2.66. The Morgan fingerprint density at radius 1 is 1.07 bits per heavy atom. The van der Waals surface area contributed by atoms with E-state index in [1.54, 1.807) is 12.1 Å². The minimum atomic E-state index is -1.15. The third-order valence-corrected chi connectivity index (χ3v) is 4.97. The number of ether oxygens (including phenoxy) is 1. The monoisotopic (exact) mass is 397 g/mol. The number of hydrogen-bond acceptors (Lipinski definition) is 4. The first-order valence-corrected chi connectivity index (χ1v) is 10.1. The zero-order valence-electron chi connectivity index (χ0n) is 16.5. The first-order chi connectivity index (χ1) is 12.7. The molecule has 0 saturated carbocycles. The van der Waals surface area contributed by atoms with Crippen molar-refractivity contribution in [1.82, 2.24) is 4.90 Å². The second-order valence-corrected chi connectivity index (χ2v) is 7.08. The van der Waals surface area contributed by atoms with Crippen LogP contribution in [0.3, 0.4) is 0 Å². The number of rotatable bonds is 11. The lowest BCUT2D eigenvalue weighted by atomic mass is 10.1. The highest BCUT2D eigenvalue weighted by Crippen LogP contribution is 2.20. The lowest BCUT2D eigenvalue weighted by Gasteiger charge is -2.31. The molecule has 0 aliphatic carbocycles. The van der Waals surface area contributed by atoms with Gasteiger partial charge in [-0.2, -0.15) is 0 Å². The van der Waals surface area contributed by atoms with E-state index in [-0.39, 0.29) is 12.4 Å². The molecule has 1 aliphatic rings. The summed E-state index contributed by atoms with van der Waals surface area (Å²) >= 11 is 0. The fourth-order valence-electron chi connectivity index (χ4n) is 3.37. The van der Waals surface area contributed by atoms with Gasteiger partial charge < -0.3 is 24.4 Å². The zero-order valence-corrected chi connectivity index (χ0v) is 17.3.